The summed E-state index contributed by atoms with van der Waals surface area (Å²) in [6.45, 7) is 4.03. The Morgan fingerprint density at radius 1 is 1.04 bits per heavy atom. The van der Waals surface area contributed by atoms with Crippen LogP contribution in [0.15, 0.2) is 65.0 Å². The van der Waals surface area contributed by atoms with Gasteiger partial charge in [-0.1, -0.05) is 83.8 Å². The van der Waals surface area contributed by atoms with E-state index < -0.39 is 0 Å². The zero-order chi connectivity index (χ0) is 18.9. The van der Waals surface area contributed by atoms with Crippen LogP contribution in [0.3, 0.4) is 0 Å². The molecule has 0 unspecified atom stereocenters. The van der Waals surface area contributed by atoms with Crippen LogP contribution in [0.25, 0.3) is 0 Å². The molecule has 0 aliphatic rings. The van der Waals surface area contributed by atoms with Crippen LogP contribution in [-0.4, -0.2) is 33.3 Å². The first-order valence-corrected chi connectivity index (χ1v) is 10.6. The third kappa shape index (κ3) is 6.08. The van der Waals surface area contributed by atoms with Gasteiger partial charge in [-0.05, 0) is 18.1 Å². The van der Waals surface area contributed by atoms with Gasteiger partial charge in [0.1, 0.15) is 0 Å². The lowest BCUT2D eigenvalue weighted by Crippen LogP contribution is -2.31. The SMILES string of the molecule is CCN(Cc1ccccc1)C(=O)CSc1nnc(NCc2ccccc2)s1. The fourth-order valence-corrected chi connectivity index (χ4v) is 4.16. The Labute approximate surface area is 167 Å². The fourth-order valence-electron chi connectivity index (χ4n) is 2.51. The van der Waals surface area contributed by atoms with Crippen molar-refractivity contribution >= 4 is 34.1 Å². The van der Waals surface area contributed by atoms with Crippen LogP contribution >= 0.6 is 23.1 Å². The molecule has 0 aliphatic heterocycles. The molecule has 27 heavy (non-hydrogen) atoms. The number of anilines is 1. The van der Waals surface area contributed by atoms with Gasteiger partial charge in [-0.25, -0.2) is 0 Å². The number of nitrogens with zero attached hydrogens (tertiary/aromatic N) is 3. The van der Waals surface area contributed by atoms with Crippen molar-refractivity contribution in [3.8, 4) is 0 Å². The summed E-state index contributed by atoms with van der Waals surface area (Å²) in [5.41, 5.74) is 2.33. The van der Waals surface area contributed by atoms with Crippen LogP contribution in [0.1, 0.15) is 18.1 Å². The number of carbonyl (C=O) groups excluding carboxylic acids is 1. The molecule has 0 saturated carbocycles. The lowest BCUT2D eigenvalue weighted by molar-refractivity contribution is -0.128. The maximum atomic E-state index is 12.5. The van der Waals surface area contributed by atoms with Gasteiger partial charge in [0, 0.05) is 19.6 Å². The number of aromatic nitrogens is 2. The average Bonchev–Trinajstić information content (AvgIpc) is 3.18. The molecular formula is C20H22N4OS2. The topological polar surface area (TPSA) is 58.1 Å². The molecule has 1 N–H and O–H groups in total. The molecule has 3 rings (SSSR count). The highest BCUT2D eigenvalue weighted by Crippen LogP contribution is 2.26. The number of carbonyl (C=O) groups is 1. The molecule has 140 valence electrons. The molecule has 0 bridgehead atoms. The van der Waals surface area contributed by atoms with Gasteiger partial charge in [-0.3, -0.25) is 4.79 Å². The maximum absolute atomic E-state index is 12.5. The molecule has 0 fully saturated rings. The highest BCUT2D eigenvalue weighted by molar-refractivity contribution is 8.01. The molecule has 5 nitrogen and oxygen atoms in total. The largest absolute Gasteiger partial charge is 0.356 e. The van der Waals surface area contributed by atoms with Crippen molar-refractivity contribution in [1.29, 1.82) is 0 Å². The summed E-state index contributed by atoms with van der Waals surface area (Å²) in [5, 5.41) is 12.4. The van der Waals surface area contributed by atoms with Gasteiger partial charge in [-0.2, -0.15) is 0 Å². The summed E-state index contributed by atoms with van der Waals surface area (Å²) in [5.74, 6) is 0.480. The van der Waals surface area contributed by atoms with Gasteiger partial charge >= 0.3 is 0 Å². The zero-order valence-corrected chi connectivity index (χ0v) is 16.8. The molecule has 1 aromatic heterocycles. The maximum Gasteiger partial charge on any atom is 0.233 e. The van der Waals surface area contributed by atoms with E-state index in [0.29, 0.717) is 25.4 Å². The molecule has 0 radical (unpaired) electrons. The van der Waals surface area contributed by atoms with Crippen molar-refractivity contribution in [2.45, 2.75) is 24.4 Å². The molecule has 1 amide bonds. The van der Waals surface area contributed by atoms with Gasteiger partial charge in [0.15, 0.2) is 4.34 Å². The number of nitrogens with one attached hydrogen (secondary N) is 1. The quantitative estimate of drug-likeness (QED) is 0.545. The molecule has 0 aliphatic carbocycles. The second kappa shape index (κ2) is 10.1. The van der Waals surface area contributed by atoms with Crippen molar-refractivity contribution in [2.75, 3.05) is 17.6 Å². The van der Waals surface area contributed by atoms with E-state index in [1.54, 1.807) is 0 Å². The first-order valence-electron chi connectivity index (χ1n) is 8.80. The third-order valence-corrected chi connectivity index (χ3v) is 5.96. The number of thioether (sulfide) groups is 1. The van der Waals surface area contributed by atoms with Crippen LogP contribution in [0.4, 0.5) is 5.13 Å². The highest BCUT2D eigenvalue weighted by atomic mass is 32.2. The zero-order valence-electron chi connectivity index (χ0n) is 15.2. The van der Waals surface area contributed by atoms with Gasteiger partial charge in [-0.15, -0.1) is 10.2 Å². The van der Waals surface area contributed by atoms with E-state index in [2.05, 4.69) is 27.6 Å². The number of benzene rings is 2. The minimum atomic E-state index is 0.111. The molecule has 3 aromatic rings. The Bertz CT molecular complexity index is 839. The molecule has 2 aromatic carbocycles. The molecule has 7 heteroatoms. The van der Waals surface area contributed by atoms with E-state index in [1.165, 1.54) is 28.7 Å². The first kappa shape index (κ1) is 19.4. The number of hydrogen-bond acceptors (Lipinski definition) is 6. The summed E-state index contributed by atoms with van der Waals surface area (Å²) < 4.78 is 0.801. The molecule has 0 atom stereocenters. The van der Waals surface area contributed by atoms with Crippen molar-refractivity contribution in [3.63, 3.8) is 0 Å². The van der Waals surface area contributed by atoms with E-state index >= 15 is 0 Å². The van der Waals surface area contributed by atoms with Gasteiger partial charge in [0.25, 0.3) is 0 Å². The predicted molar refractivity (Wildman–Crippen MR) is 112 cm³/mol. The molecule has 0 saturated heterocycles. The number of hydrogen-bond donors (Lipinski definition) is 1. The normalized spacial score (nSPS) is 10.6. The van der Waals surface area contributed by atoms with Crippen molar-refractivity contribution in [3.05, 3.63) is 71.8 Å². The summed E-state index contributed by atoms with van der Waals surface area (Å²) in [6.07, 6.45) is 0. The van der Waals surface area contributed by atoms with E-state index in [9.17, 15) is 4.79 Å². The fraction of sp³-hybridized carbons (Fsp3) is 0.250. The second-order valence-corrected chi connectivity index (χ2v) is 8.09. The predicted octanol–water partition coefficient (Wildman–Crippen LogP) is 4.29. The van der Waals surface area contributed by atoms with E-state index in [-0.39, 0.29) is 5.91 Å². The second-order valence-electron chi connectivity index (χ2n) is 5.89. The monoisotopic (exact) mass is 398 g/mol. The van der Waals surface area contributed by atoms with Crippen LogP contribution in [-0.2, 0) is 17.9 Å². The van der Waals surface area contributed by atoms with Gasteiger partial charge in [0.2, 0.25) is 11.0 Å². The van der Waals surface area contributed by atoms with E-state index in [4.69, 9.17) is 0 Å². The highest BCUT2D eigenvalue weighted by Gasteiger charge is 2.14. The Kier molecular flexibility index (Phi) is 7.24. The lowest BCUT2D eigenvalue weighted by Gasteiger charge is -2.20. The Morgan fingerprint density at radius 2 is 1.70 bits per heavy atom. The molecule has 0 spiro atoms. The lowest BCUT2D eigenvalue weighted by atomic mass is 10.2. The Hall–Kier alpha value is -2.38. The summed E-state index contributed by atoms with van der Waals surface area (Å²) in [6, 6.07) is 20.2. The minimum Gasteiger partial charge on any atom is -0.356 e. The summed E-state index contributed by atoms with van der Waals surface area (Å²) in [7, 11) is 0. The molecular weight excluding hydrogens is 376 g/mol. The molecule has 1 heterocycles. The van der Waals surface area contributed by atoms with E-state index in [0.717, 1.165) is 15.0 Å². The Balaban J connectivity index is 1.47. The van der Waals surface area contributed by atoms with Crippen LogP contribution in [0.2, 0.25) is 0 Å². The smallest absolute Gasteiger partial charge is 0.233 e. The third-order valence-electron chi connectivity index (χ3n) is 3.96. The number of rotatable bonds is 9. The van der Waals surface area contributed by atoms with Crippen LogP contribution in [0.5, 0.6) is 0 Å². The number of amides is 1. The summed E-state index contributed by atoms with van der Waals surface area (Å²) in [4.78, 5) is 14.4. The average molecular weight is 399 g/mol. The first-order chi connectivity index (χ1) is 13.2. The van der Waals surface area contributed by atoms with Gasteiger partial charge < -0.3 is 10.2 Å². The summed E-state index contributed by atoms with van der Waals surface area (Å²) >= 11 is 2.92. The van der Waals surface area contributed by atoms with Gasteiger partial charge in [0.05, 0.1) is 5.75 Å². The minimum absolute atomic E-state index is 0.111. The van der Waals surface area contributed by atoms with Crippen molar-refractivity contribution < 1.29 is 4.79 Å². The van der Waals surface area contributed by atoms with Crippen LogP contribution in [0, 0.1) is 0 Å². The van der Waals surface area contributed by atoms with Crippen molar-refractivity contribution in [1.82, 2.24) is 15.1 Å². The van der Waals surface area contributed by atoms with Crippen LogP contribution < -0.4 is 5.32 Å². The Morgan fingerprint density at radius 3 is 2.37 bits per heavy atom. The standard InChI is InChI=1S/C20H22N4OS2/c1-2-24(14-17-11-7-4-8-12-17)18(25)15-26-20-23-22-19(27-20)21-13-16-9-5-3-6-10-16/h3-12H,2,13-15H2,1H3,(H,21,22). The van der Waals surface area contributed by atoms with Crippen molar-refractivity contribution in [2.24, 2.45) is 0 Å². The van der Waals surface area contributed by atoms with E-state index in [1.807, 2.05) is 60.4 Å².